The molecule has 0 bridgehead atoms. The molecule has 7 nitrogen and oxygen atoms in total. The molecule has 0 aromatic heterocycles. The number of carbonyl (C=O) groups excluding carboxylic acids is 3. The van der Waals surface area contributed by atoms with Gasteiger partial charge >= 0.3 is 11.9 Å². The third-order valence-corrected chi connectivity index (χ3v) is 3.66. The van der Waals surface area contributed by atoms with E-state index in [-0.39, 0.29) is 17.9 Å². The van der Waals surface area contributed by atoms with Crippen molar-refractivity contribution in [3.63, 3.8) is 0 Å². The van der Waals surface area contributed by atoms with Gasteiger partial charge in [-0.15, -0.1) is 0 Å². The SMILES string of the molecule is CCOC(=O)c1ccccc1NC(=O)COC(=O)/C=C/c1ccccc1OCC. The zero-order valence-corrected chi connectivity index (χ0v) is 16.3. The average molecular weight is 397 g/mol. The van der Waals surface area contributed by atoms with Crippen molar-refractivity contribution in [1.82, 2.24) is 0 Å². The minimum absolute atomic E-state index is 0.220. The Morgan fingerprint density at radius 1 is 0.931 bits per heavy atom. The van der Waals surface area contributed by atoms with E-state index in [2.05, 4.69) is 5.32 Å². The van der Waals surface area contributed by atoms with Gasteiger partial charge in [0.05, 0.1) is 24.5 Å². The molecule has 7 heteroatoms. The first kappa shape index (κ1) is 21.7. The topological polar surface area (TPSA) is 90.9 Å². The number of benzene rings is 2. The van der Waals surface area contributed by atoms with Gasteiger partial charge in [0.15, 0.2) is 6.61 Å². The van der Waals surface area contributed by atoms with Crippen LogP contribution < -0.4 is 10.1 Å². The van der Waals surface area contributed by atoms with Crippen LogP contribution in [0.3, 0.4) is 0 Å². The predicted molar refractivity (Wildman–Crippen MR) is 109 cm³/mol. The number of hydrogen-bond acceptors (Lipinski definition) is 6. The maximum absolute atomic E-state index is 12.1. The van der Waals surface area contributed by atoms with E-state index in [0.717, 1.165) is 5.56 Å². The second-order valence-corrected chi connectivity index (χ2v) is 5.73. The van der Waals surface area contributed by atoms with Crippen LogP contribution in [0.25, 0.3) is 6.08 Å². The first-order valence-electron chi connectivity index (χ1n) is 9.17. The maximum atomic E-state index is 12.1. The number of ether oxygens (including phenoxy) is 3. The van der Waals surface area contributed by atoms with Gasteiger partial charge in [0.25, 0.3) is 5.91 Å². The summed E-state index contributed by atoms with van der Waals surface area (Å²) in [5, 5.41) is 2.54. The molecular weight excluding hydrogens is 374 g/mol. The van der Waals surface area contributed by atoms with Crippen molar-refractivity contribution in [2.75, 3.05) is 25.1 Å². The molecule has 0 spiro atoms. The first-order valence-corrected chi connectivity index (χ1v) is 9.17. The summed E-state index contributed by atoms with van der Waals surface area (Å²) < 4.78 is 15.4. The molecule has 2 rings (SSSR count). The molecular formula is C22H23NO6. The Balaban J connectivity index is 1.92. The summed E-state index contributed by atoms with van der Waals surface area (Å²) in [6.07, 6.45) is 2.78. The third kappa shape index (κ3) is 6.80. The summed E-state index contributed by atoms with van der Waals surface area (Å²) >= 11 is 0. The van der Waals surface area contributed by atoms with E-state index in [1.807, 2.05) is 19.1 Å². The van der Waals surface area contributed by atoms with Gasteiger partial charge in [-0.2, -0.15) is 0 Å². The first-order chi connectivity index (χ1) is 14.0. The molecule has 0 fully saturated rings. The van der Waals surface area contributed by atoms with Crippen molar-refractivity contribution in [2.24, 2.45) is 0 Å². The minimum Gasteiger partial charge on any atom is -0.493 e. The van der Waals surface area contributed by atoms with Crippen molar-refractivity contribution in [3.8, 4) is 5.75 Å². The molecule has 152 valence electrons. The molecule has 0 aliphatic carbocycles. The highest BCUT2D eigenvalue weighted by Gasteiger charge is 2.14. The van der Waals surface area contributed by atoms with Gasteiger partial charge in [-0.3, -0.25) is 4.79 Å². The van der Waals surface area contributed by atoms with Gasteiger partial charge < -0.3 is 19.5 Å². The molecule has 0 aliphatic heterocycles. The van der Waals surface area contributed by atoms with Gasteiger partial charge in [-0.05, 0) is 38.1 Å². The number of nitrogens with one attached hydrogen (secondary N) is 1. The van der Waals surface area contributed by atoms with Crippen molar-refractivity contribution in [1.29, 1.82) is 0 Å². The summed E-state index contributed by atoms with van der Waals surface area (Å²) in [6.45, 7) is 3.79. The molecule has 29 heavy (non-hydrogen) atoms. The molecule has 0 heterocycles. The van der Waals surface area contributed by atoms with Crippen LogP contribution in [0.2, 0.25) is 0 Å². The number of carbonyl (C=O) groups is 3. The number of anilines is 1. The normalized spacial score (nSPS) is 10.4. The van der Waals surface area contributed by atoms with Crippen molar-refractivity contribution >= 4 is 29.6 Å². The highest BCUT2D eigenvalue weighted by atomic mass is 16.5. The van der Waals surface area contributed by atoms with E-state index in [1.165, 1.54) is 12.1 Å². The molecule has 2 aromatic rings. The van der Waals surface area contributed by atoms with Crippen molar-refractivity contribution in [2.45, 2.75) is 13.8 Å². The maximum Gasteiger partial charge on any atom is 0.340 e. The monoisotopic (exact) mass is 397 g/mol. The summed E-state index contributed by atoms with van der Waals surface area (Å²) in [7, 11) is 0. The molecule has 2 aromatic carbocycles. The van der Waals surface area contributed by atoms with E-state index in [4.69, 9.17) is 14.2 Å². The van der Waals surface area contributed by atoms with Crippen LogP contribution in [0.4, 0.5) is 5.69 Å². The van der Waals surface area contributed by atoms with Gasteiger partial charge in [-0.25, -0.2) is 9.59 Å². The minimum atomic E-state index is -0.676. The number of rotatable bonds is 9. The van der Waals surface area contributed by atoms with Crippen LogP contribution in [0.5, 0.6) is 5.75 Å². The highest BCUT2D eigenvalue weighted by Crippen LogP contribution is 2.19. The Hall–Kier alpha value is -3.61. The van der Waals surface area contributed by atoms with E-state index >= 15 is 0 Å². The summed E-state index contributed by atoms with van der Waals surface area (Å²) in [5.74, 6) is -1.15. The number of amides is 1. The summed E-state index contributed by atoms with van der Waals surface area (Å²) in [6, 6.07) is 13.7. The lowest BCUT2D eigenvalue weighted by molar-refractivity contribution is -0.142. The molecule has 0 radical (unpaired) electrons. The smallest absolute Gasteiger partial charge is 0.340 e. The molecule has 1 amide bonds. The largest absolute Gasteiger partial charge is 0.493 e. The molecule has 0 saturated carbocycles. The number of para-hydroxylation sites is 2. The summed E-state index contributed by atoms with van der Waals surface area (Å²) in [5.41, 5.74) is 1.23. The van der Waals surface area contributed by atoms with Crippen LogP contribution in [0.1, 0.15) is 29.8 Å². The Bertz CT molecular complexity index is 890. The van der Waals surface area contributed by atoms with E-state index in [1.54, 1.807) is 43.3 Å². The van der Waals surface area contributed by atoms with Crippen LogP contribution >= 0.6 is 0 Å². The molecule has 0 aliphatic rings. The van der Waals surface area contributed by atoms with Crippen molar-refractivity contribution in [3.05, 3.63) is 65.7 Å². The van der Waals surface area contributed by atoms with Crippen LogP contribution in [-0.4, -0.2) is 37.7 Å². The van der Waals surface area contributed by atoms with E-state index in [9.17, 15) is 14.4 Å². The van der Waals surface area contributed by atoms with Gasteiger partial charge in [0.1, 0.15) is 5.75 Å². The Labute approximate surface area is 169 Å². The van der Waals surface area contributed by atoms with Crippen LogP contribution in [0.15, 0.2) is 54.6 Å². The number of hydrogen-bond donors (Lipinski definition) is 1. The standard InChI is InChI=1S/C22H23NO6/c1-3-27-19-12-8-5-9-16(19)13-14-21(25)29-15-20(24)23-18-11-7-6-10-17(18)22(26)28-4-2/h5-14H,3-4,15H2,1-2H3,(H,23,24)/b14-13+. The van der Waals surface area contributed by atoms with Gasteiger partial charge in [0.2, 0.25) is 0 Å². The Morgan fingerprint density at radius 2 is 1.66 bits per heavy atom. The van der Waals surface area contributed by atoms with Crippen molar-refractivity contribution < 1.29 is 28.6 Å². The summed E-state index contributed by atoms with van der Waals surface area (Å²) in [4.78, 5) is 35.9. The van der Waals surface area contributed by atoms with Gasteiger partial charge in [-0.1, -0.05) is 30.3 Å². The van der Waals surface area contributed by atoms with E-state index in [0.29, 0.717) is 12.4 Å². The zero-order valence-electron chi connectivity index (χ0n) is 16.3. The molecule has 0 unspecified atom stereocenters. The van der Waals surface area contributed by atoms with E-state index < -0.39 is 24.5 Å². The zero-order chi connectivity index (χ0) is 21.1. The Morgan fingerprint density at radius 3 is 2.41 bits per heavy atom. The lowest BCUT2D eigenvalue weighted by Crippen LogP contribution is -2.21. The average Bonchev–Trinajstić information content (AvgIpc) is 2.72. The quantitative estimate of drug-likeness (QED) is 0.515. The lowest BCUT2D eigenvalue weighted by Gasteiger charge is -2.10. The fourth-order valence-electron chi connectivity index (χ4n) is 2.41. The molecule has 0 saturated heterocycles. The van der Waals surface area contributed by atoms with Crippen LogP contribution in [0, 0.1) is 0 Å². The number of esters is 2. The fourth-order valence-corrected chi connectivity index (χ4v) is 2.41. The lowest BCUT2D eigenvalue weighted by atomic mass is 10.2. The second-order valence-electron chi connectivity index (χ2n) is 5.73. The second kappa shape index (κ2) is 11.3. The third-order valence-electron chi connectivity index (χ3n) is 3.66. The Kier molecular flexibility index (Phi) is 8.44. The fraction of sp³-hybridized carbons (Fsp3) is 0.227. The van der Waals surface area contributed by atoms with Gasteiger partial charge in [0, 0.05) is 11.6 Å². The highest BCUT2D eigenvalue weighted by molar-refractivity contribution is 6.02. The predicted octanol–water partition coefficient (Wildman–Crippen LogP) is 3.46. The van der Waals surface area contributed by atoms with Crippen LogP contribution in [-0.2, 0) is 19.1 Å². The molecule has 0 atom stereocenters. The molecule has 1 N–H and O–H groups in total.